The van der Waals surface area contributed by atoms with E-state index in [0.29, 0.717) is 29.3 Å². The van der Waals surface area contributed by atoms with Crippen LogP contribution >= 0.6 is 23.1 Å². The minimum Gasteiger partial charge on any atom is -0.287 e. The normalized spacial score (nSPS) is 17.4. The highest BCUT2D eigenvalue weighted by Crippen LogP contribution is 2.36. The van der Waals surface area contributed by atoms with Gasteiger partial charge in [0.05, 0.1) is 17.2 Å². The number of aryl methyl sites for hydroxylation is 1. The molecule has 0 aromatic carbocycles. The second-order valence-electron chi connectivity index (χ2n) is 6.68. The molecule has 6 heteroatoms. The predicted molar refractivity (Wildman–Crippen MR) is 96.2 cm³/mol. The average Bonchev–Trinajstić information content (AvgIpc) is 2.85. The zero-order chi connectivity index (χ0) is 16.6. The molecule has 1 atom stereocenters. The lowest BCUT2D eigenvalue weighted by Crippen LogP contribution is -2.26. The Hall–Kier alpha value is -1.32. The van der Waals surface area contributed by atoms with Crippen LogP contribution in [0.1, 0.15) is 37.6 Å². The van der Waals surface area contributed by atoms with Gasteiger partial charge in [-0.15, -0.1) is 11.3 Å². The second kappa shape index (κ2) is 6.66. The first-order valence-corrected chi connectivity index (χ1v) is 9.86. The van der Waals surface area contributed by atoms with E-state index < -0.39 is 0 Å². The quantitative estimate of drug-likeness (QED) is 0.622. The summed E-state index contributed by atoms with van der Waals surface area (Å²) in [4.78, 5) is 20.0. The van der Waals surface area contributed by atoms with Crippen LogP contribution < -0.4 is 5.56 Å². The lowest BCUT2D eigenvalue weighted by atomic mass is 9.89. The Morgan fingerprint density at radius 1 is 1.52 bits per heavy atom. The molecule has 23 heavy (non-hydrogen) atoms. The van der Waals surface area contributed by atoms with Crippen molar-refractivity contribution < 1.29 is 0 Å². The summed E-state index contributed by atoms with van der Waals surface area (Å²) >= 11 is 3.03. The molecule has 0 radical (unpaired) electrons. The highest BCUT2D eigenvalue weighted by atomic mass is 32.2. The summed E-state index contributed by atoms with van der Waals surface area (Å²) in [6.45, 7) is 7.11. The first kappa shape index (κ1) is 16.5. The van der Waals surface area contributed by atoms with Crippen LogP contribution in [-0.4, -0.2) is 15.3 Å². The van der Waals surface area contributed by atoms with Crippen molar-refractivity contribution in [1.82, 2.24) is 9.55 Å². The van der Waals surface area contributed by atoms with Crippen LogP contribution in [0.25, 0.3) is 10.2 Å². The number of fused-ring (bicyclic) bond motifs is 3. The molecule has 0 aliphatic heterocycles. The molecule has 0 N–H and O–H groups in total. The van der Waals surface area contributed by atoms with Gasteiger partial charge in [0.2, 0.25) is 0 Å². The summed E-state index contributed by atoms with van der Waals surface area (Å²) in [6.07, 6.45) is 3.19. The van der Waals surface area contributed by atoms with E-state index in [9.17, 15) is 4.79 Å². The highest BCUT2D eigenvalue weighted by Gasteiger charge is 2.24. The topological polar surface area (TPSA) is 58.7 Å². The fourth-order valence-electron chi connectivity index (χ4n) is 3.14. The Morgan fingerprint density at radius 2 is 2.30 bits per heavy atom. The number of nitrogens with zero attached hydrogens (tertiary/aromatic N) is 3. The number of rotatable bonds is 4. The van der Waals surface area contributed by atoms with Crippen molar-refractivity contribution in [3.05, 3.63) is 20.8 Å². The van der Waals surface area contributed by atoms with Crippen molar-refractivity contribution in [2.24, 2.45) is 11.8 Å². The van der Waals surface area contributed by atoms with E-state index in [1.54, 1.807) is 15.9 Å². The van der Waals surface area contributed by atoms with Gasteiger partial charge in [-0.05, 0) is 36.7 Å². The molecule has 0 bridgehead atoms. The number of aromatic nitrogens is 2. The van der Waals surface area contributed by atoms with Gasteiger partial charge in [-0.3, -0.25) is 9.36 Å². The van der Waals surface area contributed by atoms with Gasteiger partial charge in [-0.2, -0.15) is 5.26 Å². The minimum absolute atomic E-state index is 0.0798. The Morgan fingerprint density at radius 3 is 3.00 bits per heavy atom. The van der Waals surface area contributed by atoms with E-state index in [-0.39, 0.29) is 5.56 Å². The van der Waals surface area contributed by atoms with Crippen LogP contribution in [0.4, 0.5) is 0 Å². The summed E-state index contributed by atoms with van der Waals surface area (Å²) in [6, 6.07) is 2.13. The zero-order valence-corrected chi connectivity index (χ0v) is 15.4. The molecule has 3 rings (SSSR count). The summed E-state index contributed by atoms with van der Waals surface area (Å²) in [7, 11) is 0. The predicted octanol–water partition coefficient (Wildman–Crippen LogP) is 3.85. The van der Waals surface area contributed by atoms with Gasteiger partial charge in [-0.1, -0.05) is 32.5 Å². The van der Waals surface area contributed by atoms with Gasteiger partial charge >= 0.3 is 0 Å². The van der Waals surface area contributed by atoms with E-state index in [0.717, 1.165) is 29.5 Å². The standard InChI is InChI=1S/C17H21N3OS2/c1-10(2)9-20-16(21)14-12-5-4-11(3)8-13(12)23-15(14)19-17(20)22-7-6-18/h10-11H,4-5,7-9H2,1-3H3/t11-/m1/s1. The van der Waals surface area contributed by atoms with Crippen molar-refractivity contribution in [2.75, 3.05) is 5.75 Å². The maximum Gasteiger partial charge on any atom is 0.263 e. The van der Waals surface area contributed by atoms with E-state index >= 15 is 0 Å². The van der Waals surface area contributed by atoms with Crippen molar-refractivity contribution in [2.45, 2.75) is 51.7 Å². The Kier molecular flexibility index (Phi) is 4.79. The molecule has 0 amide bonds. The SMILES string of the molecule is CC(C)Cn1c(SCC#N)nc2sc3c(c2c1=O)CC[C@@H](C)C3. The van der Waals surface area contributed by atoms with Gasteiger partial charge in [0, 0.05) is 11.4 Å². The maximum absolute atomic E-state index is 13.1. The highest BCUT2D eigenvalue weighted by molar-refractivity contribution is 7.99. The molecule has 122 valence electrons. The monoisotopic (exact) mass is 347 g/mol. The molecule has 4 nitrogen and oxygen atoms in total. The average molecular weight is 348 g/mol. The largest absolute Gasteiger partial charge is 0.287 e. The zero-order valence-electron chi connectivity index (χ0n) is 13.8. The Bertz CT molecular complexity index is 829. The van der Waals surface area contributed by atoms with Crippen LogP contribution in [0.2, 0.25) is 0 Å². The molecule has 0 saturated heterocycles. The first-order valence-electron chi connectivity index (χ1n) is 8.06. The lowest BCUT2D eigenvalue weighted by molar-refractivity contribution is 0.474. The van der Waals surface area contributed by atoms with E-state index in [2.05, 4.69) is 26.8 Å². The summed E-state index contributed by atoms with van der Waals surface area (Å²) in [5.74, 6) is 1.36. The molecule has 2 heterocycles. The van der Waals surface area contributed by atoms with Gasteiger partial charge < -0.3 is 0 Å². The molecule has 0 spiro atoms. The third-order valence-corrected chi connectivity index (χ3v) is 6.19. The molecule has 1 aliphatic carbocycles. The number of thiophene rings is 1. The summed E-state index contributed by atoms with van der Waals surface area (Å²) < 4.78 is 1.78. The number of hydrogen-bond acceptors (Lipinski definition) is 5. The Labute approximate surface area is 144 Å². The third-order valence-electron chi connectivity index (χ3n) is 4.19. The summed E-state index contributed by atoms with van der Waals surface area (Å²) in [5.41, 5.74) is 1.31. The van der Waals surface area contributed by atoms with Gasteiger partial charge in [0.25, 0.3) is 5.56 Å². The van der Waals surface area contributed by atoms with E-state index in [4.69, 9.17) is 10.2 Å². The maximum atomic E-state index is 13.1. The first-order chi connectivity index (χ1) is 11.0. The number of nitriles is 1. The lowest BCUT2D eigenvalue weighted by Gasteiger charge is -2.18. The van der Waals surface area contributed by atoms with Crippen LogP contribution in [-0.2, 0) is 19.4 Å². The molecule has 0 fully saturated rings. The van der Waals surface area contributed by atoms with Crippen molar-refractivity contribution in [1.29, 1.82) is 5.26 Å². The second-order valence-corrected chi connectivity index (χ2v) is 8.71. The molecule has 0 unspecified atom stereocenters. The van der Waals surface area contributed by atoms with Crippen LogP contribution in [0, 0.1) is 23.2 Å². The third kappa shape index (κ3) is 3.17. The van der Waals surface area contributed by atoms with E-state index in [1.165, 1.54) is 22.2 Å². The fraction of sp³-hybridized carbons (Fsp3) is 0.588. The number of thioether (sulfide) groups is 1. The molecular weight excluding hydrogens is 326 g/mol. The molecule has 1 aliphatic rings. The van der Waals surface area contributed by atoms with Crippen molar-refractivity contribution >= 4 is 33.3 Å². The van der Waals surface area contributed by atoms with Gasteiger partial charge in [0.15, 0.2) is 5.16 Å². The molecule has 2 aromatic rings. The van der Waals surface area contributed by atoms with Crippen LogP contribution in [0.5, 0.6) is 0 Å². The van der Waals surface area contributed by atoms with Crippen LogP contribution in [0.15, 0.2) is 9.95 Å². The molecule has 0 saturated carbocycles. The van der Waals surface area contributed by atoms with Crippen molar-refractivity contribution in [3.63, 3.8) is 0 Å². The molecule has 2 aromatic heterocycles. The Balaban J connectivity index is 2.19. The van der Waals surface area contributed by atoms with Crippen molar-refractivity contribution in [3.8, 4) is 6.07 Å². The van der Waals surface area contributed by atoms with E-state index in [1.807, 2.05) is 0 Å². The van der Waals surface area contributed by atoms with Gasteiger partial charge in [0.1, 0.15) is 4.83 Å². The minimum atomic E-state index is 0.0798. The fourth-order valence-corrected chi connectivity index (χ4v) is 5.23. The number of hydrogen-bond donors (Lipinski definition) is 0. The van der Waals surface area contributed by atoms with Gasteiger partial charge in [-0.25, -0.2) is 4.98 Å². The van der Waals surface area contributed by atoms with Crippen LogP contribution in [0.3, 0.4) is 0 Å². The smallest absolute Gasteiger partial charge is 0.263 e. The molecular formula is C17H21N3OS2. The summed E-state index contributed by atoms with van der Waals surface area (Å²) in [5, 5.41) is 10.4.